The molecule has 8 nitrogen and oxygen atoms in total. The van der Waals surface area contributed by atoms with Crippen LogP contribution in [0.3, 0.4) is 0 Å². The quantitative estimate of drug-likeness (QED) is 0.666. The van der Waals surface area contributed by atoms with Gasteiger partial charge in [0, 0.05) is 31.4 Å². The maximum Gasteiger partial charge on any atom is 0.312 e. The number of rotatable bonds is 6. The molecule has 2 unspecified atom stereocenters. The van der Waals surface area contributed by atoms with Crippen molar-refractivity contribution in [3.63, 3.8) is 0 Å². The van der Waals surface area contributed by atoms with Crippen molar-refractivity contribution in [3.05, 3.63) is 0 Å². The third-order valence-electron chi connectivity index (χ3n) is 4.87. The minimum Gasteiger partial charge on any atom is -0.481 e. The molecule has 0 aromatic rings. The van der Waals surface area contributed by atoms with Crippen molar-refractivity contribution in [2.24, 2.45) is 0 Å². The molecule has 0 aromatic carbocycles. The van der Waals surface area contributed by atoms with Gasteiger partial charge in [0.2, 0.25) is 0 Å². The zero-order chi connectivity index (χ0) is 22.2. The van der Waals surface area contributed by atoms with Crippen LogP contribution in [0.15, 0.2) is 0 Å². The van der Waals surface area contributed by atoms with Crippen LogP contribution in [0.25, 0.3) is 0 Å². The highest BCUT2D eigenvalue weighted by Gasteiger charge is 2.36. The van der Waals surface area contributed by atoms with Crippen LogP contribution in [0.4, 0.5) is 9.59 Å². The van der Waals surface area contributed by atoms with E-state index in [2.05, 4.69) is 0 Å². The summed E-state index contributed by atoms with van der Waals surface area (Å²) in [7, 11) is -3.04. The summed E-state index contributed by atoms with van der Waals surface area (Å²) in [6, 6.07) is 0. The Hall–Kier alpha value is -1.29. The van der Waals surface area contributed by atoms with E-state index in [9.17, 15) is 22.8 Å². The molecule has 0 aromatic heterocycles. The second-order valence-electron chi connectivity index (χ2n) is 7.85. The Labute approximate surface area is 178 Å². The van der Waals surface area contributed by atoms with Crippen molar-refractivity contribution >= 4 is 38.0 Å². The first-order valence-electron chi connectivity index (χ1n) is 10.2. The molecule has 2 aliphatic rings. The largest absolute Gasteiger partial charge is 0.481 e. The maximum absolute atomic E-state index is 11.9. The smallest absolute Gasteiger partial charge is 0.312 e. The van der Waals surface area contributed by atoms with Gasteiger partial charge in [-0.15, -0.1) is 0 Å². The first kappa shape index (κ1) is 25.7. The second-order valence-corrected chi connectivity index (χ2v) is 11.5. The molecule has 10 heteroatoms. The molecule has 0 spiro atoms. The lowest BCUT2D eigenvalue weighted by Gasteiger charge is -2.25. The SMILES string of the molecule is CCN(CC)C(=O)S(=O)C(C)(C)CC(=O)O.O=C(N1CCCCC1)S(=O)C1CC1. The van der Waals surface area contributed by atoms with E-state index in [1.807, 2.05) is 0 Å². The van der Waals surface area contributed by atoms with Crippen LogP contribution < -0.4 is 0 Å². The van der Waals surface area contributed by atoms with Gasteiger partial charge >= 0.3 is 16.4 Å². The second kappa shape index (κ2) is 11.8. The van der Waals surface area contributed by atoms with Crippen molar-refractivity contribution in [1.29, 1.82) is 0 Å². The Morgan fingerprint density at radius 3 is 1.97 bits per heavy atom. The van der Waals surface area contributed by atoms with Crippen LogP contribution in [0.2, 0.25) is 0 Å². The highest BCUT2D eigenvalue weighted by atomic mass is 32.2. The predicted octanol–water partition coefficient (Wildman–Crippen LogP) is 2.95. The fourth-order valence-corrected chi connectivity index (χ4v) is 5.40. The molecule has 2 amide bonds. The van der Waals surface area contributed by atoms with Crippen LogP contribution in [0, 0.1) is 0 Å². The Balaban J connectivity index is 0.000000294. The van der Waals surface area contributed by atoms with E-state index in [-0.39, 0.29) is 16.9 Å². The molecule has 29 heavy (non-hydrogen) atoms. The standard InChI is InChI=1S/C10H19NO4S.C9H15NO2S/c1-5-11(6-2)9(14)16(15)10(3,4)7-8(12)13;11-9(13(12)8-4-5-8)10-6-2-1-3-7-10/h5-7H2,1-4H3,(H,12,13);8H,1-7H2. The van der Waals surface area contributed by atoms with Gasteiger partial charge in [-0.1, -0.05) is 0 Å². The summed E-state index contributed by atoms with van der Waals surface area (Å²) in [4.78, 5) is 37.2. The van der Waals surface area contributed by atoms with E-state index >= 15 is 0 Å². The van der Waals surface area contributed by atoms with Gasteiger partial charge in [0.15, 0.2) is 0 Å². The summed E-state index contributed by atoms with van der Waals surface area (Å²) < 4.78 is 22.4. The number of piperidine rings is 1. The third kappa shape index (κ3) is 8.16. The molecule has 2 atom stereocenters. The number of hydrogen-bond acceptors (Lipinski definition) is 5. The molecule has 1 heterocycles. The number of carbonyl (C=O) groups excluding carboxylic acids is 2. The van der Waals surface area contributed by atoms with Crippen LogP contribution >= 0.6 is 0 Å². The zero-order valence-electron chi connectivity index (χ0n) is 17.8. The molecule has 2 rings (SSSR count). The van der Waals surface area contributed by atoms with Gasteiger partial charge in [0.05, 0.1) is 11.2 Å². The number of likely N-dealkylation sites (tertiary alicyclic amines) is 1. The van der Waals surface area contributed by atoms with Crippen LogP contribution in [0.1, 0.15) is 66.2 Å². The van der Waals surface area contributed by atoms with E-state index in [4.69, 9.17) is 5.11 Å². The Morgan fingerprint density at radius 1 is 1.03 bits per heavy atom. The van der Waals surface area contributed by atoms with Crippen molar-refractivity contribution in [1.82, 2.24) is 9.80 Å². The first-order valence-corrected chi connectivity index (χ1v) is 12.5. The molecule has 0 radical (unpaired) electrons. The Kier molecular flexibility index (Phi) is 10.5. The summed E-state index contributed by atoms with van der Waals surface area (Å²) in [5.74, 6) is -1.05. The average Bonchev–Trinajstić information content (AvgIpc) is 3.52. The fourth-order valence-electron chi connectivity index (χ4n) is 2.89. The number of hydrogen-bond donors (Lipinski definition) is 1. The van der Waals surface area contributed by atoms with Crippen LogP contribution in [-0.4, -0.2) is 75.9 Å². The molecule has 1 saturated heterocycles. The highest BCUT2D eigenvalue weighted by molar-refractivity contribution is 8.01. The first-order chi connectivity index (χ1) is 13.5. The van der Waals surface area contributed by atoms with Crippen molar-refractivity contribution < 1.29 is 27.9 Å². The number of carboxylic acids is 1. The summed E-state index contributed by atoms with van der Waals surface area (Å²) in [5, 5.41) is 8.26. The van der Waals surface area contributed by atoms with Gasteiger partial charge in [0.1, 0.15) is 21.6 Å². The topological polar surface area (TPSA) is 112 Å². The average molecular weight is 451 g/mol. The molecule has 0 bridgehead atoms. The van der Waals surface area contributed by atoms with E-state index < -0.39 is 37.6 Å². The molecule has 168 valence electrons. The molecule has 1 N–H and O–H groups in total. The monoisotopic (exact) mass is 450 g/mol. The predicted molar refractivity (Wildman–Crippen MR) is 115 cm³/mol. The molecule has 1 saturated carbocycles. The van der Waals surface area contributed by atoms with Crippen LogP contribution in [-0.2, 0) is 26.4 Å². The number of carboxylic acid groups (broad SMARTS) is 1. The number of carbonyl (C=O) groups is 3. The minimum absolute atomic E-state index is 0.109. The van der Waals surface area contributed by atoms with Gasteiger partial charge in [-0.2, -0.15) is 0 Å². The zero-order valence-corrected chi connectivity index (χ0v) is 19.5. The number of amides is 2. The van der Waals surface area contributed by atoms with Crippen molar-refractivity contribution in [2.45, 2.75) is 76.2 Å². The van der Waals surface area contributed by atoms with E-state index in [0.717, 1.165) is 38.8 Å². The Bertz CT molecular complexity index is 639. The van der Waals surface area contributed by atoms with Crippen molar-refractivity contribution in [3.8, 4) is 0 Å². The van der Waals surface area contributed by atoms with Gasteiger partial charge in [-0.05, 0) is 59.8 Å². The van der Waals surface area contributed by atoms with Crippen LogP contribution in [0.5, 0.6) is 0 Å². The number of aliphatic carboxylic acids is 1. The highest BCUT2D eigenvalue weighted by Crippen LogP contribution is 2.28. The van der Waals surface area contributed by atoms with E-state index in [0.29, 0.717) is 13.1 Å². The summed E-state index contributed by atoms with van der Waals surface area (Å²) in [5.41, 5.74) is 0. The normalized spacial score (nSPS) is 18.8. The molecule has 2 fully saturated rings. The maximum atomic E-state index is 11.9. The van der Waals surface area contributed by atoms with Gasteiger partial charge in [-0.25, -0.2) is 8.42 Å². The summed E-state index contributed by atoms with van der Waals surface area (Å²) in [6.45, 7) is 9.23. The molecule has 1 aliphatic carbocycles. The lowest BCUT2D eigenvalue weighted by Crippen LogP contribution is -2.41. The Morgan fingerprint density at radius 2 is 1.55 bits per heavy atom. The fraction of sp³-hybridized carbons (Fsp3) is 0.842. The van der Waals surface area contributed by atoms with Gasteiger partial charge in [0.25, 0.3) is 0 Å². The van der Waals surface area contributed by atoms with E-state index in [1.54, 1.807) is 18.7 Å². The minimum atomic E-state index is -1.82. The molecular weight excluding hydrogens is 416 g/mol. The lowest BCUT2D eigenvalue weighted by atomic mass is 10.1. The lowest BCUT2D eigenvalue weighted by molar-refractivity contribution is -0.137. The van der Waals surface area contributed by atoms with Crippen molar-refractivity contribution in [2.75, 3.05) is 26.2 Å². The number of nitrogens with zero attached hydrogens (tertiary/aromatic N) is 2. The summed E-state index contributed by atoms with van der Waals surface area (Å²) >= 11 is 0. The molecular formula is C19H34N2O6S2. The third-order valence-corrected chi connectivity index (χ3v) is 8.28. The summed E-state index contributed by atoms with van der Waals surface area (Å²) in [6.07, 6.45) is 5.03. The van der Waals surface area contributed by atoms with E-state index in [1.165, 1.54) is 25.2 Å². The van der Waals surface area contributed by atoms with Gasteiger partial charge in [-0.3, -0.25) is 14.4 Å². The molecule has 1 aliphatic heterocycles. The van der Waals surface area contributed by atoms with Gasteiger partial charge < -0.3 is 14.9 Å².